The first kappa shape index (κ1) is 9.15. The molecule has 0 saturated carbocycles. The Hall–Kier alpha value is 0.150. The highest BCUT2D eigenvalue weighted by Gasteiger charge is 2.01. The van der Waals surface area contributed by atoms with Crippen molar-refractivity contribution in [3.05, 3.63) is 0 Å². The van der Waals surface area contributed by atoms with E-state index in [1.54, 1.807) is 7.05 Å². The molecule has 0 spiro atoms. The molecule has 54 valence electrons. The van der Waals surface area contributed by atoms with E-state index in [2.05, 4.69) is 34.8 Å². The second kappa shape index (κ2) is 4.98. The fraction of sp³-hybridized carbons (Fsp3) is 0.857. The summed E-state index contributed by atoms with van der Waals surface area (Å²) in [6.45, 7) is 4.41. The van der Waals surface area contributed by atoms with Gasteiger partial charge in [-0.15, -0.1) is 0 Å². The molecule has 0 heterocycles. The third-order valence-corrected chi connectivity index (χ3v) is 1.62. The number of halogens is 1. The molecule has 1 atom stereocenters. The van der Waals surface area contributed by atoms with Gasteiger partial charge in [0, 0.05) is 18.1 Å². The maximum atomic E-state index is 3.92. The Bertz CT molecular complexity index is 88.9. The average molecular weight is 192 g/mol. The molecule has 0 fully saturated rings. The minimum atomic E-state index is 0.461. The summed E-state index contributed by atoms with van der Waals surface area (Å²) < 4.78 is 0. The summed E-state index contributed by atoms with van der Waals surface area (Å²) in [5, 5.41) is 0. The third-order valence-electron chi connectivity index (χ3n) is 1.01. The van der Waals surface area contributed by atoms with Crippen LogP contribution in [0, 0.1) is 5.92 Å². The lowest BCUT2D eigenvalue weighted by molar-refractivity contribution is 0.615. The topological polar surface area (TPSA) is 12.4 Å². The second-order valence-electron chi connectivity index (χ2n) is 2.55. The van der Waals surface area contributed by atoms with Crippen LogP contribution in [0.4, 0.5) is 0 Å². The summed E-state index contributed by atoms with van der Waals surface area (Å²) in [6, 6.07) is 0. The molecule has 0 aromatic heterocycles. The lowest BCUT2D eigenvalue weighted by Crippen LogP contribution is -2.03. The zero-order chi connectivity index (χ0) is 7.28. The number of rotatable bonds is 3. The molecule has 0 aromatic carbocycles. The van der Waals surface area contributed by atoms with Gasteiger partial charge in [0.2, 0.25) is 0 Å². The van der Waals surface area contributed by atoms with E-state index in [4.69, 9.17) is 0 Å². The first-order valence-electron chi connectivity index (χ1n) is 3.23. The van der Waals surface area contributed by atoms with Gasteiger partial charge in [-0.25, -0.2) is 0 Å². The largest absolute Gasteiger partial charge is 0.300 e. The molecule has 0 aliphatic rings. The van der Waals surface area contributed by atoms with Crippen molar-refractivity contribution in [3.63, 3.8) is 0 Å². The predicted molar refractivity (Wildman–Crippen MR) is 46.6 cm³/mol. The van der Waals surface area contributed by atoms with E-state index >= 15 is 0 Å². The van der Waals surface area contributed by atoms with Gasteiger partial charge in [-0.05, 0) is 12.3 Å². The van der Waals surface area contributed by atoms with E-state index < -0.39 is 0 Å². The number of hydrogen-bond donors (Lipinski definition) is 0. The van der Waals surface area contributed by atoms with Gasteiger partial charge in [-0.2, -0.15) is 0 Å². The van der Waals surface area contributed by atoms with Crippen molar-refractivity contribution in [2.24, 2.45) is 10.9 Å². The van der Waals surface area contributed by atoms with Crippen LogP contribution < -0.4 is 0 Å². The van der Waals surface area contributed by atoms with Gasteiger partial charge in [0.25, 0.3) is 0 Å². The highest BCUT2D eigenvalue weighted by molar-refractivity contribution is 9.09. The van der Waals surface area contributed by atoms with Gasteiger partial charge in [0.1, 0.15) is 0 Å². The van der Waals surface area contributed by atoms with Gasteiger partial charge in [-0.1, -0.05) is 29.8 Å². The van der Waals surface area contributed by atoms with Crippen LogP contribution in [0.5, 0.6) is 0 Å². The van der Waals surface area contributed by atoms with Crippen molar-refractivity contribution >= 4 is 22.1 Å². The molecule has 0 N–H and O–H groups in total. The zero-order valence-corrected chi connectivity index (χ0v) is 7.85. The minimum Gasteiger partial charge on any atom is -0.300 e. The van der Waals surface area contributed by atoms with E-state index in [1.165, 1.54) is 0 Å². The smallest absolute Gasteiger partial charge is 0.0496 e. The summed E-state index contributed by atoms with van der Waals surface area (Å²) in [5.41, 5.74) is 0. The molecule has 1 nitrogen and oxygen atoms in total. The van der Waals surface area contributed by atoms with Gasteiger partial charge in [0.15, 0.2) is 0 Å². The van der Waals surface area contributed by atoms with Gasteiger partial charge in [-0.3, -0.25) is 4.99 Å². The summed E-state index contributed by atoms with van der Waals surface area (Å²) >= 11 is 3.49. The fourth-order valence-electron chi connectivity index (χ4n) is 0.673. The normalized spacial score (nSPS) is 15.2. The minimum absolute atomic E-state index is 0.461. The third kappa shape index (κ3) is 6.03. The first-order valence-corrected chi connectivity index (χ1v) is 4.14. The van der Waals surface area contributed by atoms with E-state index in [1.807, 2.05) is 6.21 Å². The van der Waals surface area contributed by atoms with Crippen LogP contribution in [0.15, 0.2) is 4.99 Å². The zero-order valence-electron chi connectivity index (χ0n) is 6.26. The molecule has 0 aromatic rings. The monoisotopic (exact) mass is 191 g/mol. The first-order chi connectivity index (χ1) is 4.16. The van der Waals surface area contributed by atoms with Crippen LogP contribution in [0.1, 0.15) is 20.3 Å². The summed E-state index contributed by atoms with van der Waals surface area (Å²) in [7, 11) is 1.80. The Morgan fingerprint density at radius 1 is 1.56 bits per heavy atom. The Balaban J connectivity index is 3.38. The Morgan fingerprint density at radius 3 is 2.44 bits per heavy atom. The SMILES string of the molecule is CN=CC(Br)CC(C)C. The molecule has 0 aliphatic heterocycles. The molecular formula is C7H14BrN. The van der Waals surface area contributed by atoms with Crippen molar-refractivity contribution in [2.75, 3.05) is 7.05 Å². The summed E-state index contributed by atoms with van der Waals surface area (Å²) in [4.78, 5) is 4.38. The standard InChI is InChI=1S/C7H14BrN/c1-6(2)4-7(8)5-9-3/h5-7H,4H2,1-3H3. The van der Waals surface area contributed by atoms with Crippen molar-refractivity contribution in [2.45, 2.75) is 25.1 Å². The van der Waals surface area contributed by atoms with Crippen molar-refractivity contribution in [3.8, 4) is 0 Å². The number of nitrogens with zero attached hydrogens (tertiary/aromatic N) is 1. The number of aliphatic imine (C=N–C) groups is 1. The molecule has 0 rings (SSSR count). The van der Waals surface area contributed by atoms with E-state index in [9.17, 15) is 0 Å². The van der Waals surface area contributed by atoms with Crippen molar-refractivity contribution < 1.29 is 0 Å². The average Bonchev–Trinajstić information content (AvgIpc) is 1.63. The maximum Gasteiger partial charge on any atom is 0.0496 e. The summed E-state index contributed by atoms with van der Waals surface area (Å²) in [6.07, 6.45) is 3.09. The van der Waals surface area contributed by atoms with Crippen LogP contribution >= 0.6 is 15.9 Å². The number of alkyl halides is 1. The second-order valence-corrected chi connectivity index (χ2v) is 3.73. The Labute approximate surface area is 65.7 Å². The van der Waals surface area contributed by atoms with Crippen LogP contribution in [0.3, 0.4) is 0 Å². The maximum absolute atomic E-state index is 3.92. The van der Waals surface area contributed by atoms with Crippen molar-refractivity contribution in [1.82, 2.24) is 0 Å². The van der Waals surface area contributed by atoms with Crippen LogP contribution in [-0.4, -0.2) is 18.1 Å². The quantitative estimate of drug-likeness (QED) is 0.481. The van der Waals surface area contributed by atoms with Gasteiger partial charge >= 0.3 is 0 Å². The lowest BCUT2D eigenvalue weighted by atomic mass is 10.1. The molecule has 0 saturated heterocycles. The fourth-order valence-corrected chi connectivity index (χ4v) is 1.66. The highest BCUT2D eigenvalue weighted by atomic mass is 79.9. The van der Waals surface area contributed by atoms with Crippen molar-refractivity contribution in [1.29, 1.82) is 0 Å². The van der Waals surface area contributed by atoms with Crippen LogP contribution in [0.2, 0.25) is 0 Å². The molecule has 1 unspecified atom stereocenters. The molecule has 0 radical (unpaired) electrons. The van der Waals surface area contributed by atoms with E-state index in [0.717, 1.165) is 12.3 Å². The molecule has 2 heteroatoms. The van der Waals surface area contributed by atoms with Crippen LogP contribution in [0.25, 0.3) is 0 Å². The molecule has 0 bridgehead atoms. The highest BCUT2D eigenvalue weighted by Crippen LogP contribution is 2.09. The summed E-state index contributed by atoms with van der Waals surface area (Å²) in [5.74, 6) is 0.743. The van der Waals surface area contributed by atoms with Gasteiger partial charge in [0.05, 0.1) is 0 Å². The predicted octanol–water partition coefficient (Wildman–Crippen LogP) is 2.50. The number of hydrogen-bond acceptors (Lipinski definition) is 1. The molecule has 0 aliphatic carbocycles. The molecule has 0 amide bonds. The van der Waals surface area contributed by atoms with E-state index in [-0.39, 0.29) is 0 Å². The Morgan fingerprint density at radius 2 is 2.11 bits per heavy atom. The molecule has 9 heavy (non-hydrogen) atoms. The van der Waals surface area contributed by atoms with Gasteiger partial charge < -0.3 is 0 Å². The lowest BCUT2D eigenvalue weighted by Gasteiger charge is -2.05. The van der Waals surface area contributed by atoms with E-state index in [0.29, 0.717) is 4.83 Å². The Kier molecular flexibility index (Phi) is 5.06. The van der Waals surface area contributed by atoms with Crippen LogP contribution in [-0.2, 0) is 0 Å². The molecular weight excluding hydrogens is 178 g/mol.